The summed E-state index contributed by atoms with van der Waals surface area (Å²) in [7, 11) is 0. The fourth-order valence-electron chi connectivity index (χ4n) is 1.89. The van der Waals surface area contributed by atoms with Gasteiger partial charge in [0.2, 0.25) is 0 Å². The summed E-state index contributed by atoms with van der Waals surface area (Å²) in [5.41, 5.74) is 0.898. The van der Waals surface area contributed by atoms with Crippen LogP contribution < -0.4 is 0 Å². The van der Waals surface area contributed by atoms with Gasteiger partial charge in [0.05, 0.1) is 0 Å². The van der Waals surface area contributed by atoms with Crippen molar-refractivity contribution in [3.63, 3.8) is 0 Å². The van der Waals surface area contributed by atoms with Crippen LogP contribution in [-0.4, -0.2) is 5.78 Å². The average molecular weight is 222 g/mol. The van der Waals surface area contributed by atoms with Crippen LogP contribution in [0, 0.1) is 11.7 Å². The Morgan fingerprint density at radius 3 is 2.50 bits per heavy atom. The molecule has 1 nitrogen and oxygen atoms in total. The number of Topliss-reactive ketones (excluding diaryl/α,β-unsaturated/α-hetero) is 1. The molecule has 0 spiro atoms. The van der Waals surface area contributed by atoms with Gasteiger partial charge in [-0.25, -0.2) is 4.39 Å². The molecule has 0 fully saturated rings. The maximum absolute atomic E-state index is 12.6. The van der Waals surface area contributed by atoms with E-state index in [1.807, 2.05) is 0 Å². The summed E-state index contributed by atoms with van der Waals surface area (Å²) in [6, 6.07) is 6.16. The van der Waals surface area contributed by atoms with Gasteiger partial charge in [-0.3, -0.25) is 4.79 Å². The minimum absolute atomic E-state index is 0.243. The van der Waals surface area contributed by atoms with E-state index in [2.05, 4.69) is 13.8 Å². The fraction of sp³-hybridized carbons (Fsp3) is 0.500. The molecular weight excluding hydrogens is 203 g/mol. The summed E-state index contributed by atoms with van der Waals surface area (Å²) < 4.78 is 12.6. The lowest BCUT2D eigenvalue weighted by molar-refractivity contribution is -0.119. The predicted molar refractivity (Wildman–Crippen MR) is 63.8 cm³/mol. The molecule has 1 aromatic rings. The molecule has 0 aromatic heterocycles. The molecule has 0 saturated heterocycles. The van der Waals surface area contributed by atoms with E-state index in [-0.39, 0.29) is 11.6 Å². The fourth-order valence-corrected chi connectivity index (χ4v) is 1.89. The molecule has 0 bridgehead atoms. The molecule has 0 saturated carbocycles. The maximum atomic E-state index is 12.6. The second kappa shape index (κ2) is 6.41. The normalized spacial score (nSPS) is 12.4. The molecule has 0 aliphatic carbocycles. The molecule has 2 heteroatoms. The molecule has 0 amide bonds. The van der Waals surface area contributed by atoms with E-state index in [4.69, 9.17) is 0 Å². The van der Waals surface area contributed by atoms with Crippen LogP contribution in [0.3, 0.4) is 0 Å². The van der Waals surface area contributed by atoms with Gasteiger partial charge in [0, 0.05) is 12.8 Å². The largest absolute Gasteiger partial charge is 0.299 e. The SMILES string of the molecule is CCCC(C)CC(=O)Cc1ccc(F)cc1. The van der Waals surface area contributed by atoms with Gasteiger partial charge in [-0.2, -0.15) is 0 Å². The summed E-state index contributed by atoms with van der Waals surface area (Å²) in [5.74, 6) is 0.445. The van der Waals surface area contributed by atoms with Crippen LogP contribution in [-0.2, 0) is 11.2 Å². The first-order chi connectivity index (χ1) is 7.61. The molecular formula is C14H19FO. The molecule has 1 unspecified atom stereocenters. The van der Waals surface area contributed by atoms with E-state index in [0.29, 0.717) is 18.8 Å². The third kappa shape index (κ3) is 4.56. The molecule has 1 rings (SSSR count). The Morgan fingerprint density at radius 1 is 1.31 bits per heavy atom. The molecule has 1 atom stereocenters. The highest BCUT2D eigenvalue weighted by atomic mass is 19.1. The highest BCUT2D eigenvalue weighted by Crippen LogP contribution is 2.12. The van der Waals surface area contributed by atoms with Crippen molar-refractivity contribution in [2.45, 2.75) is 39.5 Å². The second-order valence-electron chi connectivity index (χ2n) is 4.44. The summed E-state index contributed by atoms with van der Waals surface area (Å²) >= 11 is 0. The highest BCUT2D eigenvalue weighted by molar-refractivity contribution is 5.81. The van der Waals surface area contributed by atoms with Crippen LogP contribution in [0.25, 0.3) is 0 Å². The van der Waals surface area contributed by atoms with Crippen LogP contribution in [0.2, 0.25) is 0 Å². The highest BCUT2D eigenvalue weighted by Gasteiger charge is 2.09. The number of hydrogen-bond donors (Lipinski definition) is 0. The number of benzene rings is 1. The first-order valence-corrected chi connectivity index (χ1v) is 5.88. The van der Waals surface area contributed by atoms with Gasteiger partial charge in [0.15, 0.2) is 0 Å². The standard InChI is InChI=1S/C14H19FO/c1-3-4-11(2)9-14(16)10-12-5-7-13(15)8-6-12/h5-8,11H,3-4,9-10H2,1-2H3. The molecule has 88 valence electrons. The van der Waals surface area contributed by atoms with Crippen molar-refractivity contribution in [2.24, 2.45) is 5.92 Å². The monoisotopic (exact) mass is 222 g/mol. The summed E-state index contributed by atoms with van der Waals surface area (Å²) in [5, 5.41) is 0. The molecule has 16 heavy (non-hydrogen) atoms. The Labute approximate surface area is 96.7 Å². The van der Waals surface area contributed by atoms with Crippen molar-refractivity contribution in [1.82, 2.24) is 0 Å². The molecule has 0 aliphatic rings. The molecule has 0 radical (unpaired) electrons. The van der Waals surface area contributed by atoms with Crippen molar-refractivity contribution >= 4 is 5.78 Å². The quantitative estimate of drug-likeness (QED) is 0.716. The van der Waals surface area contributed by atoms with Gasteiger partial charge in [0.25, 0.3) is 0 Å². The zero-order valence-corrected chi connectivity index (χ0v) is 10.0. The van der Waals surface area contributed by atoms with Crippen LogP contribution in [0.15, 0.2) is 24.3 Å². The van der Waals surface area contributed by atoms with Crippen LogP contribution in [0.4, 0.5) is 4.39 Å². The van der Waals surface area contributed by atoms with Crippen molar-refractivity contribution in [1.29, 1.82) is 0 Å². The van der Waals surface area contributed by atoms with E-state index in [1.54, 1.807) is 12.1 Å². The first-order valence-electron chi connectivity index (χ1n) is 5.88. The number of carbonyl (C=O) groups is 1. The number of hydrogen-bond acceptors (Lipinski definition) is 1. The van der Waals surface area contributed by atoms with Crippen LogP contribution in [0.1, 0.15) is 38.7 Å². The lowest BCUT2D eigenvalue weighted by atomic mass is 9.96. The number of carbonyl (C=O) groups excluding carboxylic acids is 1. The molecule has 0 heterocycles. The Balaban J connectivity index is 2.42. The summed E-state index contributed by atoms with van der Waals surface area (Å²) in [4.78, 5) is 11.7. The zero-order valence-electron chi connectivity index (χ0n) is 10.0. The minimum atomic E-state index is -0.254. The van der Waals surface area contributed by atoms with E-state index < -0.39 is 0 Å². The van der Waals surface area contributed by atoms with Gasteiger partial charge < -0.3 is 0 Å². The number of ketones is 1. The predicted octanol–water partition coefficient (Wildman–Crippen LogP) is 3.76. The van der Waals surface area contributed by atoms with Gasteiger partial charge >= 0.3 is 0 Å². The Hall–Kier alpha value is -1.18. The van der Waals surface area contributed by atoms with Gasteiger partial charge in [-0.05, 0) is 23.6 Å². The third-order valence-corrected chi connectivity index (χ3v) is 2.67. The number of halogens is 1. The molecule has 1 aromatic carbocycles. The first kappa shape index (κ1) is 12.9. The lowest BCUT2D eigenvalue weighted by Gasteiger charge is -2.08. The lowest BCUT2D eigenvalue weighted by Crippen LogP contribution is -2.08. The van der Waals surface area contributed by atoms with E-state index >= 15 is 0 Å². The van der Waals surface area contributed by atoms with Crippen LogP contribution >= 0.6 is 0 Å². The third-order valence-electron chi connectivity index (χ3n) is 2.67. The average Bonchev–Trinajstić information content (AvgIpc) is 2.21. The maximum Gasteiger partial charge on any atom is 0.137 e. The Kier molecular flexibility index (Phi) is 5.17. The van der Waals surface area contributed by atoms with Crippen molar-refractivity contribution in [2.75, 3.05) is 0 Å². The van der Waals surface area contributed by atoms with Crippen molar-refractivity contribution < 1.29 is 9.18 Å². The van der Waals surface area contributed by atoms with Crippen molar-refractivity contribution in [3.05, 3.63) is 35.6 Å². The van der Waals surface area contributed by atoms with Gasteiger partial charge in [-0.1, -0.05) is 38.8 Å². The topological polar surface area (TPSA) is 17.1 Å². The Bertz CT molecular complexity index is 329. The van der Waals surface area contributed by atoms with Crippen LogP contribution in [0.5, 0.6) is 0 Å². The molecule has 0 aliphatic heterocycles. The Morgan fingerprint density at radius 2 is 1.94 bits per heavy atom. The zero-order chi connectivity index (χ0) is 12.0. The smallest absolute Gasteiger partial charge is 0.137 e. The van der Waals surface area contributed by atoms with Gasteiger partial charge in [-0.15, -0.1) is 0 Å². The van der Waals surface area contributed by atoms with E-state index in [1.165, 1.54) is 12.1 Å². The van der Waals surface area contributed by atoms with E-state index in [0.717, 1.165) is 18.4 Å². The van der Waals surface area contributed by atoms with Gasteiger partial charge in [0.1, 0.15) is 11.6 Å². The van der Waals surface area contributed by atoms with E-state index in [9.17, 15) is 9.18 Å². The summed E-state index contributed by atoms with van der Waals surface area (Å²) in [6.07, 6.45) is 3.26. The van der Waals surface area contributed by atoms with Crippen molar-refractivity contribution in [3.8, 4) is 0 Å². The molecule has 0 N–H and O–H groups in total. The number of rotatable bonds is 6. The summed E-state index contributed by atoms with van der Waals surface area (Å²) in [6.45, 7) is 4.23. The second-order valence-corrected chi connectivity index (χ2v) is 4.44. The minimum Gasteiger partial charge on any atom is -0.299 e.